The Morgan fingerprint density at radius 3 is 2.47 bits per heavy atom. The van der Waals surface area contributed by atoms with Crippen molar-refractivity contribution in [3.63, 3.8) is 0 Å². The lowest BCUT2D eigenvalue weighted by Crippen LogP contribution is -2.20. The smallest absolute Gasteiger partial charge is 0.340 e. The number of methoxy groups -OCH3 is 1. The van der Waals surface area contributed by atoms with Crippen LogP contribution >= 0.6 is 0 Å². The van der Waals surface area contributed by atoms with E-state index in [-0.39, 0.29) is 0 Å². The number of benzene rings is 1. The minimum absolute atomic E-state index is 0.312. The molecule has 0 fully saturated rings. The van der Waals surface area contributed by atoms with Gasteiger partial charge in [0.05, 0.1) is 18.4 Å². The third-order valence-electron chi connectivity index (χ3n) is 2.25. The third-order valence-corrected chi connectivity index (χ3v) is 4.15. The summed E-state index contributed by atoms with van der Waals surface area (Å²) in [6.07, 6.45) is 1.51. The van der Waals surface area contributed by atoms with Crippen LogP contribution in [-0.2, 0) is 14.7 Å². The second-order valence-corrected chi connectivity index (χ2v) is 6.11. The Morgan fingerprint density at radius 2 is 1.94 bits per heavy atom. The molecule has 1 rings (SSSR count). The van der Waals surface area contributed by atoms with Gasteiger partial charge in [-0.1, -0.05) is 12.1 Å². The van der Waals surface area contributed by atoms with Crippen LogP contribution in [-0.4, -0.2) is 41.9 Å². The van der Waals surface area contributed by atoms with Crippen molar-refractivity contribution >= 4 is 21.6 Å². The molecule has 94 valence electrons. The van der Waals surface area contributed by atoms with Gasteiger partial charge in [-0.05, 0) is 12.1 Å². The summed E-state index contributed by atoms with van der Waals surface area (Å²) >= 11 is 0. The van der Waals surface area contributed by atoms with E-state index in [1.54, 1.807) is 38.4 Å². The topological polar surface area (TPSA) is 59.0 Å². The lowest BCUT2D eigenvalue weighted by Gasteiger charge is -2.12. The fourth-order valence-corrected chi connectivity index (χ4v) is 1.79. The van der Waals surface area contributed by atoms with Crippen molar-refractivity contribution in [3.05, 3.63) is 29.8 Å². The Morgan fingerprint density at radius 1 is 1.35 bits per heavy atom. The second kappa shape index (κ2) is 5.29. The molecule has 0 N–H and O–H groups in total. The van der Waals surface area contributed by atoms with Gasteiger partial charge in [0.2, 0.25) is 0 Å². The van der Waals surface area contributed by atoms with E-state index in [9.17, 15) is 9.00 Å². The van der Waals surface area contributed by atoms with Gasteiger partial charge in [-0.2, -0.15) is 4.36 Å². The minimum Gasteiger partial charge on any atom is -0.465 e. The van der Waals surface area contributed by atoms with Crippen molar-refractivity contribution in [1.82, 2.24) is 4.31 Å². The zero-order valence-corrected chi connectivity index (χ0v) is 11.2. The van der Waals surface area contributed by atoms with Crippen molar-refractivity contribution < 1.29 is 13.7 Å². The number of ether oxygens (including phenoxy) is 1. The first-order valence-corrected chi connectivity index (χ1v) is 6.83. The monoisotopic (exact) mass is 256 g/mol. The summed E-state index contributed by atoms with van der Waals surface area (Å²) in [7, 11) is 2.13. The van der Waals surface area contributed by atoms with Crippen LogP contribution in [0.3, 0.4) is 0 Å². The lowest BCUT2D eigenvalue weighted by atomic mass is 10.2. The summed E-state index contributed by atoms with van der Waals surface area (Å²) in [5.74, 6) is -0.488. The van der Waals surface area contributed by atoms with Crippen LogP contribution in [0.5, 0.6) is 0 Å². The van der Waals surface area contributed by atoms with E-state index in [0.29, 0.717) is 11.3 Å². The van der Waals surface area contributed by atoms with Crippen molar-refractivity contribution in [2.45, 2.75) is 0 Å². The van der Waals surface area contributed by atoms with Gasteiger partial charge in [0.15, 0.2) is 0 Å². The highest BCUT2D eigenvalue weighted by Crippen LogP contribution is 2.21. The molecule has 0 aliphatic heterocycles. The molecular formula is C11H16N2O3S. The van der Waals surface area contributed by atoms with E-state index in [4.69, 9.17) is 0 Å². The number of carbonyl (C=O) groups is 1. The maximum absolute atomic E-state index is 12.1. The summed E-state index contributed by atoms with van der Waals surface area (Å²) < 4.78 is 22.4. The second-order valence-electron chi connectivity index (χ2n) is 3.67. The Balaban J connectivity index is 3.34. The van der Waals surface area contributed by atoms with E-state index in [1.165, 1.54) is 17.7 Å². The Kier molecular flexibility index (Phi) is 4.25. The van der Waals surface area contributed by atoms with Crippen molar-refractivity contribution in [1.29, 1.82) is 0 Å². The average molecular weight is 256 g/mol. The number of hydrogen-bond donors (Lipinski definition) is 0. The third kappa shape index (κ3) is 3.28. The first kappa shape index (κ1) is 13.7. The first-order chi connectivity index (χ1) is 7.88. The highest BCUT2D eigenvalue weighted by atomic mass is 32.2. The maximum atomic E-state index is 12.1. The predicted molar refractivity (Wildman–Crippen MR) is 67.6 cm³/mol. The summed E-state index contributed by atoms with van der Waals surface area (Å²) in [5.41, 5.74) is 0.687. The number of hydrogen-bond acceptors (Lipinski definition) is 4. The Hall–Kier alpha value is -1.40. The summed E-state index contributed by atoms with van der Waals surface area (Å²) in [4.78, 5) is 11.5. The molecule has 0 amide bonds. The zero-order chi connectivity index (χ0) is 13.1. The molecule has 0 aliphatic carbocycles. The van der Waals surface area contributed by atoms with Gasteiger partial charge in [-0.15, -0.1) is 0 Å². The molecule has 0 bridgehead atoms. The normalized spacial score (nSPS) is 14.2. The molecule has 0 saturated heterocycles. The van der Waals surface area contributed by atoms with Gasteiger partial charge in [0.1, 0.15) is 9.92 Å². The van der Waals surface area contributed by atoms with Crippen LogP contribution in [0.1, 0.15) is 10.4 Å². The molecule has 6 heteroatoms. The summed E-state index contributed by atoms with van der Waals surface area (Å²) in [6, 6.07) is 6.67. The predicted octanol–water partition coefficient (Wildman–Crippen LogP) is 1.68. The van der Waals surface area contributed by atoms with Crippen molar-refractivity contribution in [2.75, 3.05) is 27.5 Å². The molecular weight excluding hydrogens is 240 g/mol. The van der Waals surface area contributed by atoms with Gasteiger partial charge < -0.3 is 4.74 Å². The van der Waals surface area contributed by atoms with Gasteiger partial charge in [0.25, 0.3) is 0 Å². The largest absolute Gasteiger partial charge is 0.465 e. The van der Waals surface area contributed by atoms with Crippen LogP contribution in [0.25, 0.3) is 0 Å². The summed E-state index contributed by atoms with van der Waals surface area (Å²) in [5, 5.41) is 0. The molecule has 0 spiro atoms. The fraction of sp³-hybridized carbons (Fsp3) is 0.364. The van der Waals surface area contributed by atoms with Gasteiger partial charge in [-0.3, -0.25) is 0 Å². The molecule has 0 radical (unpaired) electrons. The van der Waals surface area contributed by atoms with E-state index in [2.05, 4.69) is 9.10 Å². The molecule has 0 saturated carbocycles. The molecule has 0 aliphatic rings. The highest BCUT2D eigenvalue weighted by molar-refractivity contribution is 7.90. The SMILES string of the molecule is COC(=O)c1ccccc1N=S(C)(=O)N(C)C. The van der Waals surface area contributed by atoms with Crippen LogP contribution in [0.4, 0.5) is 5.69 Å². The first-order valence-electron chi connectivity index (χ1n) is 4.95. The van der Waals surface area contributed by atoms with Crippen LogP contribution in [0, 0.1) is 0 Å². The van der Waals surface area contributed by atoms with Crippen LogP contribution in [0.15, 0.2) is 28.6 Å². The molecule has 1 atom stereocenters. The number of carbonyl (C=O) groups excluding carboxylic acids is 1. The fourth-order valence-electron chi connectivity index (χ4n) is 1.10. The van der Waals surface area contributed by atoms with E-state index >= 15 is 0 Å². The average Bonchev–Trinajstić information content (AvgIpc) is 2.28. The van der Waals surface area contributed by atoms with Crippen LogP contribution in [0.2, 0.25) is 0 Å². The number of nitrogens with zero attached hydrogens (tertiary/aromatic N) is 2. The van der Waals surface area contributed by atoms with Crippen LogP contribution < -0.4 is 0 Å². The lowest BCUT2D eigenvalue weighted by molar-refractivity contribution is 0.0602. The van der Waals surface area contributed by atoms with Gasteiger partial charge in [0, 0.05) is 20.4 Å². The number of rotatable bonds is 3. The van der Waals surface area contributed by atoms with E-state index < -0.39 is 15.9 Å². The zero-order valence-electron chi connectivity index (χ0n) is 10.3. The highest BCUT2D eigenvalue weighted by Gasteiger charge is 2.13. The van der Waals surface area contributed by atoms with Crippen molar-refractivity contribution in [3.8, 4) is 0 Å². The number of esters is 1. The molecule has 1 aromatic rings. The summed E-state index contributed by atoms with van der Waals surface area (Å²) in [6.45, 7) is 0. The molecule has 1 unspecified atom stereocenters. The minimum atomic E-state index is -2.51. The van der Waals surface area contributed by atoms with E-state index in [0.717, 1.165) is 0 Å². The van der Waals surface area contributed by atoms with E-state index in [1.807, 2.05) is 0 Å². The Labute approximate surface area is 102 Å². The molecule has 5 nitrogen and oxygen atoms in total. The Bertz CT molecular complexity index is 531. The van der Waals surface area contributed by atoms with Crippen molar-refractivity contribution in [2.24, 2.45) is 4.36 Å². The van der Waals surface area contributed by atoms with Gasteiger partial charge in [-0.25, -0.2) is 13.3 Å². The quantitative estimate of drug-likeness (QED) is 0.773. The molecule has 1 aromatic carbocycles. The molecule has 0 heterocycles. The maximum Gasteiger partial charge on any atom is 0.340 e. The van der Waals surface area contributed by atoms with Gasteiger partial charge >= 0.3 is 5.97 Å². The molecule has 0 aromatic heterocycles. The standard InChI is InChI=1S/C11H16N2O3S/c1-13(2)17(4,15)12-10-8-6-5-7-9(10)11(14)16-3/h5-8H,1-4H3. The molecule has 17 heavy (non-hydrogen) atoms.